The molecule has 2 aromatic carbocycles. The van der Waals surface area contributed by atoms with Crippen molar-refractivity contribution in [1.82, 2.24) is 14.1 Å². The molecule has 0 fully saturated rings. The number of anilines is 1. The molecule has 0 spiro atoms. The summed E-state index contributed by atoms with van der Waals surface area (Å²) in [7, 11) is 1.53. The summed E-state index contributed by atoms with van der Waals surface area (Å²) in [6.45, 7) is 1.82. The van der Waals surface area contributed by atoms with E-state index < -0.39 is 11.2 Å². The number of aromatic nitrogens is 3. The SMILES string of the molecule is Cc1ccccc1-n1c(=O)c2c(-c3ccccc3)c(C#N)c(N)nc2n(C)c1=O. The zero-order valence-corrected chi connectivity index (χ0v) is 15.9. The van der Waals surface area contributed by atoms with E-state index in [4.69, 9.17) is 5.73 Å². The molecular weight excluding hydrogens is 366 g/mol. The maximum atomic E-state index is 13.6. The van der Waals surface area contributed by atoms with E-state index in [0.717, 1.165) is 10.1 Å². The first-order chi connectivity index (χ1) is 14.0. The summed E-state index contributed by atoms with van der Waals surface area (Å²) in [4.78, 5) is 30.9. The summed E-state index contributed by atoms with van der Waals surface area (Å²) >= 11 is 0. The van der Waals surface area contributed by atoms with E-state index in [0.29, 0.717) is 16.8 Å². The number of fused-ring (bicyclic) bond motifs is 1. The molecule has 0 radical (unpaired) electrons. The van der Waals surface area contributed by atoms with Crippen LogP contribution >= 0.6 is 0 Å². The van der Waals surface area contributed by atoms with E-state index in [2.05, 4.69) is 11.1 Å². The molecule has 142 valence electrons. The first-order valence-electron chi connectivity index (χ1n) is 8.92. The van der Waals surface area contributed by atoms with Gasteiger partial charge in [0.05, 0.1) is 11.1 Å². The third-order valence-corrected chi connectivity index (χ3v) is 4.95. The van der Waals surface area contributed by atoms with Gasteiger partial charge in [0, 0.05) is 12.6 Å². The molecule has 0 saturated carbocycles. The highest BCUT2D eigenvalue weighted by Gasteiger charge is 2.23. The zero-order chi connectivity index (χ0) is 20.7. The number of nitrogens with two attached hydrogens (primary N) is 1. The fraction of sp³-hybridized carbons (Fsp3) is 0.0909. The summed E-state index contributed by atoms with van der Waals surface area (Å²) in [5, 5.41) is 9.89. The first kappa shape index (κ1) is 18.2. The number of nitrogen functional groups attached to an aromatic ring is 1. The van der Waals surface area contributed by atoms with Crippen molar-refractivity contribution in [3.05, 3.63) is 86.6 Å². The third kappa shape index (κ3) is 2.70. The predicted molar refractivity (Wildman–Crippen MR) is 112 cm³/mol. The number of aryl methyl sites for hydroxylation is 2. The van der Waals surface area contributed by atoms with Crippen LogP contribution in [0.5, 0.6) is 0 Å². The van der Waals surface area contributed by atoms with Gasteiger partial charge in [0.25, 0.3) is 5.56 Å². The van der Waals surface area contributed by atoms with Crippen LogP contribution in [0.15, 0.2) is 64.2 Å². The zero-order valence-electron chi connectivity index (χ0n) is 15.9. The van der Waals surface area contributed by atoms with Gasteiger partial charge in [-0.1, -0.05) is 48.5 Å². The van der Waals surface area contributed by atoms with E-state index in [9.17, 15) is 14.9 Å². The van der Waals surface area contributed by atoms with Crippen LogP contribution in [0.25, 0.3) is 27.8 Å². The van der Waals surface area contributed by atoms with Crippen molar-refractivity contribution in [3.8, 4) is 22.9 Å². The van der Waals surface area contributed by atoms with Gasteiger partial charge in [0.15, 0.2) is 5.65 Å². The van der Waals surface area contributed by atoms with E-state index in [1.165, 1.54) is 11.6 Å². The molecule has 0 bridgehead atoms. The lowest BCUT2D eigenvalue weighted by Gasteiger charge is -2.16. The minimum Gasteiger partial charge on any atom is -0.383 e. The number of pyridine rings is 1. The van der Waals surface area contributed by atoms with Crippen molar-refractivity contribution in [2.24, 2.45) is 7.05 Å². The van der Waals surface area contributed by atoms with Crippen LogP contribution < -0.4 is 17.0 Å². The maximum absolute atomic E-state index is 13.6. The van der Waals surface area contributed by atoms with Crippen LogP contribution in [0, 0.1) is 18.3 Å². The fourth-order valence-corrected chi connectivity index (χ4v) is 3.51. The summed E-state index contributed by atoms with van der Waals surface area (Å²) in [5.74, 6) is -0.0260. The largest absolute Gasteiger partial charge is 0.383 e. The molecule has 7 heteroatoms. The first-order valence-corrected chi connectivity index (χ1v) is 8.92. The number of nitriles is 1. The Kier molecular flexibility index (Phi) is 4.24. The second kappa shape index (κ2) is 6.77. The molecule has 2 aromatic heterocycles. The highest BCUT2D eigenvalue weighted by Crippen LogP contribution is 2.31. The van der Waals surface area contributed by atoms with Crippen molar-refractivity contribution < 1.29 is 0 Å². The molecule has 4 aromatic rings. The Morgan fingerprint density at radius 1 is 1.03 bits per heavy atom. The van der Waals surface area contributed by atoms with Gasteiger partial charge in [0.2, 0.25) is 0 Å². The van der Waals surface area contributed by atoms with Crippen molar-refractivity contribution >= 4 is 16.9 Å². The quantitative estimate of drug-likeness (QED) is 0.572. The number of hydrogen-bond donors (Lipinski definition) is 1. The molecular formula is C22H17N5O2. The number of rotatable bonds is 2. The van der Waals surface area contributed by atoms with Crippen LogP contribution in [-0.4, -0.2) is 14.1 Å². The van der Waals surface area contributed by atoms with Crippen LogP contribution in [0.4, 0.5) is 5.82 Å². The lowest BCUT2D eigenvalue weighted by atomic mass is 9.98. The second-order valence-corrected chi connectivity index (χ2v) is 6.69. The van der Waals surface area contributed by atoms with Gasteiger partial charge in [-0.05, 0) is 24.1 Å². The Morgan fingerprint density at radius 2 is 1.69 bits per heavy atom. The molecule has 0 atom stereocenters. The Morgan fingerprint density at radius 3 is 2.34 bits per heavy atom. The van der Waals surface area contributed by atoms with Gasteiger partial charge in [0.1, 0.15) is 17.5 Å². The topological polar surface area (TPSA) is 107 Å². The van der Waals surface area contributed by atoms with Gasteiger partial charge in [-0.2, -0.15) is 5.26 Å². The van der Waals surface area contributed by atoms with E-state index in [1.807, 2.05) is 25.1 Å². The standard InChI is InChI=1S/C22H17N5O2/c1-13-8-6-7-11-16(13)27-21(28)18-17(14-9-4-3-5-10-14)15(12-23)19(24)25-20(18)26(2)22(27)29/h3-11H,1-2H3,(H2,24,25). The Bertz CT molecular complexity index is 1430. The Balaban J connectivity index is 2.30. The molecule has 2 heterocycles. The Hall–Kier alpha value is -4.18. The van der Waals surface area contributed by atoms with E-state index in [-0.39, 0.29) is 22.4 Å². The monoisotopic (exact) mass is 383 g/mol. The minimum absolute atomic E-state index is 0.0260. The van der Waals surface area contributed by atoms with Gasteiger partial charge < -0.3 is 5.73 Å². The van der Waals surface area contributed by atoms with Crippen LogP contribution in [0.2, 0.25) is 0 Å². The summed E-state index contributed by atoms with van der Waals surface area (Å²) in [5.41, 5.74) is 7.47. The number of nitrogens with zero attached hydrogens (tertiary/aromatic N) is 4. The average molecular weight is 383 g/mol. The summed E-state index contributed by atoms with van der Waals surface area (Å²) in [6.07, 6.45) is 0. The molecule has 0 aliphatic rings. The van der Waals surface area contributed by atoms with Crippen molar-refractivity contribution in [2.45, 2.75) is 6.92 Å². The third-order valence-electron chi connectivity index (χ3n) is 4.95. The summed E-state index contributed by atoms with van der Waals surface area (Å²) in [6, 6.07) is 18.2. The normalized spacial score (nSPS) is 10.8. The maximum Gasteiger partial charge on any atom is 0.337 e. The molecule has 29 heavy (non-hydrogen) atoms. The average Bonchev–Trinajstić information content (AvgIpc) is 2.73. The molecule has 0 aliphatic carbocycles. The molecule has 0 saturated heterocycles. The number of hydrogen-bond acceptors (Lipinski definition) is 5. The smallest absolute Gasteiger partial charge is 0.337 e. The lowest BCUT2D eigenvalue weighted by molar-refractivity contribution is 0.763. The van der Waals surface area contributed by atoms with Gasteiger partial charge >= 0.3 is 5.69 Å². The van der Waals surface area contributed by atoms with Crippen LogP contribution in [0.1, 0.15) is 11.1 Å². The Labute approximate surface area is 165 Å². The van der Waals surface area contributed by atoms with E-state index >= 15 is 0 Å². The molecule has 0 amide bonds. The van der Waals surface area contributed by atoms with Crippen molar-refractivity contribution in [2.75, 3.05) is 5.73 Å². The molecule has 4 rings (SSSR count). The van der Waals surface area contributed by atoms with Gasteiger partial charge in [-0.25, -0.2) is 14.3 Å². The number of para-hydroxylation sites is 1. The highest BCUT2D eigenvalue weighted by molar-refractivity contribution is 5.97. The molecule has 2 N–H and O–H groups in total. The van der Waals surface area contributed by atoms with Crippen LogP contribution in [-0.2, 0) is 7.05 Å². The second-order valence-electron chi connectivity index (χ2n) is 6.69. The lowest BCUT2D eigenvalue weighted by Crippen LogP contribution is -2.39. The predicted octanol–water partition coefficient (Wildman–Crippen LogP) is 2.51. The van der Waals surface area contributed by atoms with E-state index in [1.54, 1.807) is 36.4 Å². The minimum atomic E-state index is -0.541. The molecule has 0 aliphatic heterocycles. The molecule has 0 unspecified atom stereocenters. The number of benzene rings is 2. The molecule has 7 nitrogen and oxygen atoms in total. The van der Waals surface area contributed by atoms with Crippen molar-refractivity contribution in [3.63, 3.8) is 0 Å². The summed E-state index contributed by atoms with van der Waals surface area (Å²) < 4.78 is 2.40. The van der Waals surface area contributed by atoms with Gasteiger partial charge in [-0.3, -0.25) is 9.36 Å². The van der Waals surface area contributed by atoms with Crippen molar-refractivity contribution in [1.29, 1.82) is 5.26 Å². The van der Waals surface area contributed by atoms with Gasteiger partial charge in [-0.15, -0.1) is 0 Å². The van der Waals surface area contributed by atoms with Crippen LogP contribution in [0.3, 0.4) is 0 Å². The fourth-order valence-electron chi connectivity index (χ4n) is 3.51. The highest BCUT2D eigenvalue weighted by atomic mass is 16.2.